The van der Waals surface area contributed by atoms with Crippen LogP contribution in [0.2, 0.25) is 0 Å². The fraction of sp³-hybridized carbons (Fsp3) is 0.294. The van der Waals surface area contributed by atoms with Crippen molar-refractivity contribution >= 4 is 34.0 Å². The molecule has 2 aromatic rings. The summed E-state index contributed by atoms with van der Waals surface area (Å²) in [6.07, 6.45) is 1.50. The van der Waals surface area contributed by atoms with Crippen LogP contribution in [-0.2, 0) is 10.0 Å². The van der Waals surface area contributed by atoms with Crippen molar-refractivity contribution in [3.05, 3.63) is 48.3 Å². The Bertz CT molecular complexity index is 862. The fourth-order valence-electron chi connectivity index (χ4n) is 2.06. The first-order valence-corrected chi connectivity index (χ1v) is 9.43. The van der Waals surface area contributed by atoms with Gasteiger partial charge in [0, 0.05) is 18.8 Å². The molecule has 0 fully saturated rings. The Kier molecular flexibility index (Phi) is 8.64. The van der Waals surface area contributed by atoms with Crippen LogP contribution >= 0.6 is 12.4 Å². The van der Waals surface area contributed by atoms with Crippen LogP contribution in [0.5, 0.6) is 5.75 Å². The third-order valence-corrected chi connectivity index (χ3v) is 5.12. The van der Waals surface area contributed by atoms with Gasteiger partial charge >= 0.3 is 0 Å². The van der Waals surface area contributed by atoms with Gasteiger partial charge in [0.2, 0.25) is 10.0 Å². The normalized spacial score (nSPS) is 12.0. The zero-order valence-corrected chi connectivity index (χ0v) is 16.9. The van der Waals surface area contributed by atoms with Gasteiger partial charge in [0.05, 0.1) is 17.7 Å². The van der Waals surface area contributed by atoms with Crippen LogP contribution in [0.3, 0.4) is 0 Å². The number of nitrogens with one attached hydrogen (secondary N) is 3. The lowest BCUT2D eigenvalue weighted by Gasteiger charge is -2.14. The van der Waals surface area contributed by atoms with Crippen LogP contribution in [0, 0.1) is 0 Å². The summed E-state index contributed by atoms with van der Waals surface area (Å²) in [4.78, 5) is 16.3. The smallest absolute Gasteiger partial charge is 0.274 e. The Morgan fingerprint density at radius 1 is 1.26 bits per heavy atom. The second-order valence-corrected chi connectivity index (χ2v) is 7.34. The Morgan fingerprint density at radius 3 is 2.59 bits per heavy atom. The van der Waals surface area contributed by atoms with Crippen molar-refractivity contribution in [3.63, 3.8) is 0 Å². The number of halogens is 1. The van der Waals surface area contributed by atoms with Crippen LogP contribution in [-0.4, -0.2) is 46.1 Å². The predicted octanol–water partition coefficient (Wildman–Crippen LogP) is 1.65. The van der Waals surface area contributed by atoms with E-state index >= 15 is 0 Å². The van der Waals surface area contributed by atoms with Crippen molar-refractivity contribution in [3.8, 4) is 5.75 Å². The van der Waals surface area contributed by atoms with Crippen LogP contribution in [0.15, 0.2) is 47.5 Å². The molecule has 1 aromatic heterocycles. The summed E-state index contributed by atoms with van der Waals surface area (Å²) in [5.41, 5.74) is 0.455. The van der Waals surface area contributed by atoms with E-state index in [1.165, 1.54) is 31.5 Å². The van der Waals surface area contributed by atoms with Gasteiger partial charge in [-0.2, -0.15) is 0 Å². The van der Waals surface area contributed by atoms with Gasteiger partial charge in [-0.1, -0.05) is 6.07 Å². The number of methoxy groups -OCH3 is 1. The van der Waals surface area contributed by atoms with Crippen molar-refractivity contribution in [2.75, 3.05) is 26.0 Å². The first kappa shape index (κ1) is 22.8. The van der Waals surface area contributed by atoms with E-state index in [1.54, 1.807) is 25.2 Å². The quantitative estimate of drug-likeness (QED) is 0.606. The average Bonchev–Trinajstić information content (AvgIpc) is 2.66. The van der Waals surface area contributed by atoms with Crippen molar-refractivity contribution in [1.82, 2.24) is 15.0 Å². The van der Waals surface area contributed by atoms with E-state index in [2.05, 4.69) is 20.3 Å². The molecule has 8 nitrogen and oxygen atoms in total. The van der Waals surface area contributed by atoms with Gasteiger partial charge < -0.3 is 15.4 Å². The highest BCUT2D eigenvalue weighted by Crippen LogP contribution is 2.27. The largest absolute Gasteiger partial charge is 0.495 e. The molecule has 0 radical (unpaired) electrons. The van der Waals surface area contributed by atoms with Crippen LogP contribution < -0.4 is 20.1 Å². The molecule has 27 heavy (non-hydrogen) atoms. The van der Waals surface area contributed by atoms with Crippen molar-refractivity contribution in [2.24, 2.45) is 0 Å². The molecule has 0 aliphatic rings. The number of ether oxygens (including phenoxy) is 1. The lowest BCUT2D eigenvalue weighted by atomic mass is 10.2. The number of anilines is 1. The van der Waals surface area contributed by atoms with Crippen molar-refractivity contribution in [2.45, 2.75) is 17.9 Å². The van der Waals surface area contributed by atoms with E-state index < -0.39 is 15.9 Å². The maximum atomic E-state index is 12.5. The number of rotatable bonds is 8. The Hall–Kier alpha value is -2.20. The predicted molar refractivity (Wildman–Crippen MR) is 106 cm³/mol. The van der Waals surface area contributed by atoms with E-state index in [4.69, 9.17) is 4.74 Å². The highest BCUT2D eigenvalue weighted by molar-refractivity contribution is 7.89. The third kappa shape index (κ3) is 6.17. The number of nitrogens with zero attached hydrogens (tertiary/aromatic N) is 1. The third-order valence-electron chi connectivity index (χ3n) is 3.70. The lowest BCUT2D eigenvalue weighted by molar-refractivity contribution is 0.102. The first-order chi connectivity index (χ1) is 12.4. The maximum Gasteiger partial charge on any atom is 0.274 e. The van der Waals surface area contributed by atoms with Gasteiger partial charge in [0.1, 0.15) is 11.4 Å². The molecule has 0 aliphatic carbocycles. The highest BCUT2D eigenvalue weighted by atomic mass is 35.5. The lowest BCUT2D eigenvalue weighted by Crippen LogP contribution is -2.37. The summed E-state index contributed by atoms with van der Waals surface area (Å²) in [5, 5.41) is 5.59. The first-order valence-electron chi connectivity index (χ1n) is 7.94. The molecule has 0 saturated carbocycles. The molecule has 2 rings (SSSR count). The van der Waals surface area contributed by atoms with Gasteiger partial charge in [-0.15, -0.1) is 12.4 Å². The number of likely N-dealkylation sites (N-methyl/N-ethyl adjacent to an activating group) is 1. The second-order valence-electron chi connectivity index (χ2n) is 5.57. The van der Waals surface area contributed by atoms with Crippen LogP contribution in [0.25, 0.3) is 0 Å². The van der Waals surface area contributed by atoms with Gasteiger partial charge in [0.15, 0.2) is 0 Å². The molecular weight excluding hydrogens is 392 g/mol. The number of aromatic nitrogens is 1. The molecule has 0 saturated heterocycles. The topological polar surface area (TPSA) is 109 Å². The van der Waals surface area contributed by atoms with Gasteiger partial charge in [0.25, 0.3) is 5.91 Å². The molecule has 148 valence electrons. The number of benzene rings is 1. The summed E-state index contributed by atoms with van der Waals surface area (Å²) < 4.78 is 32.6. The Morgan fingerprint density at radius 2 is 2.00 bits per heavy atom. The summed E-state index contributed by atoms with van der Waals surface area (Å²) in [6, 6.07) is 9.18. The zero-order valence-electron chi connectivity index (χ0n) is 15.2. The summed E-state index contributed by atoms with van der Waals surface area (Å²) >= 11 is 0. The maximum absolute atomic E-state index is 12.5. The second kappa shape index (κ2) is 10.2. The Balaban J connectivity index is 0.00000364. The zero-order chi connectivity index (χ0) is 19.2. The Labute approximate surface area is 165 Å². The van der Waals surface area contributed by atoms with E-state index in [1.807, 2.05) is 6.92 Å². The van der Waals surface area contributed by atoms with E-state index in [0.29, 0.717) is 5.75 Å². The van der Waals surface area contributed by atoms with Crippen LogP contribution in [0.1, 0.15) is 17.4 Å². The fourth-order valence-corrected chi connectivity index (χ4v) is 3.21. The van der Waals surface area contributed by atoms with E-state index in [-0.39, 0.29) is 41.3 Å². The van der Waals surface area contributed by atoms with Crippen molar-refractivity contribution in [1.29, 1.82) is 0 Å². The molecule has 1 heterocycles. The summed E-state index contributed by atoms with van der Waals surface area (Å²) in [5.74, 6) is -0.118. The number of pyridine rings is 1. The molecule has 1 atom stereocenters. The molecule has 3 N–H and O–H groups in total. The SMILES string of the molecule is CNC(C)CNS(=O)(=O)c1ccc(OC)c(NC(=O)c2ccccn2)c1.Cl. The number of amides is 1. The van der Waals surface area contributed by atoms with E-state index in [9.17, 15) is 13.2 Å². The molecule has 1 unspecified atom stereocenters. The summed E-state index contributed by atoms with van der Waals surface area (Å²) in [6.45, 7) is 2.09. The van der Waals surface area contributed by atoms with Crippen molar-refractivity contribution < 1.29 is 17.9 Å². The molecule has 1 amide bonds. The average molecular weight is 415 g/mol. The number of carbonyl (C=O) groups is 1. The van der Waals surface area contributed by atoms with E-state index in [0.717, 1.165) is 0 Å². The number of carbonyl (C=O) groups excluding carboxylic acids is 1. The van der Waals surface area contributed by atoms with Crippen LogP contribution in [0.4, 0.5) is 5.69 Å². The van der Waals surface area contributed by atoms with Gasteiger partial charge in [-0.3, -0.25) is 9.78 Å². The molecular formula is C17H23ClN4O4S. The van der Waals surface area contributed by atoms with Gasteiger partial charge in [-0.25, -0.2) is 13.1 Å². The standard InChI is InChI=1S/C17H22N4O4S.ClH/c1-12(18-2)11-20-26(23,24)13-7-8-16(25-3)15(10-13)21-17(22)14-6-4-5-9-19-14;/h4-10,12,18,20H,11H2,1-3H3,(H,21,22);1H. The minimum Gasteiger partial charge on any atom is -0.495 e. The molecule has 1 aromatic carbocycles. The number of sulfonamides is 1. The minimum absolute atomic E-state index is 0. The molecule has 0 aliphatic heterocycles. The molecule has 0 spiro atoms. The monoisotopic (exact) mass is 414 g/mol. The highest BCUT2D eigenvalue weighted by Gasteiger charge is 2.18. The molecule has 0 bridgehead atoms. The van der Waals surface area contributed by atoms with Gasteiger partial charge in [-0.05, 0) is 44.3 Å². The number of hydrogen-bond donors (Lipinski definition) is 3. The minimum atomic E-state index is -3.73. The molecule has 10 heteroatoms. The number of hydrogen-bond acceptors (Lipinski definition) is 6. The summed E-state index contributed by atoms with van der Waals surface area (Å²) in [7, 11) is -0.541.